The SMILES string of the molecule is CC(C)CCc1cc2ccccc2[n+](C(C)(C)C)c1. The summed E-state index contributed by atoms with van der Waals surface area (Å²) in [7, 11) is 0. The number of hydrogen-bond acceptors (Lipinski definition) is 0. The molecule has 1 aromatic heterocycles. The van der Waals surface area contributed by atoms with Gasteiger partial charge in [0.1, 0.15) is 0 Å². The van der Waals surface area contributed by atoms with Gasteiger partial charge in [-0.1, -0.05) is 26.0 Å². The summed E-state index contributed by atoms with van der Waals surface area (Å²) in [5.74, 6) is 0.759. The maximum Gasteiger partial charge on any atom is 0.212 e. The first kappa shape index (κ1) is 14.0. The van der Waals surface area contributed by atoms with Gasteiger partial charge in [0.2, 0.25) is 5.52 Å². The van der Waals surface area contributed by atoms with Crippen LogP contribution in [0.5, 0.6) is 0 Å². The standard InChI is InChI=1S/C18H26N/c1-14(2)10-11-15-12-16-8-6-7-9-17(16)19(13-15)18(3,4)5/h6-9,12-14H,10-11H2,1-5H3/q+1. The van der Waals surface area contributed by atoms with Crippen LogP contribution in [0, 0.1) is 5.92 Å². The molecule has 1 heteroatoms. The average molecular weight is 256 g/mol. The van der Waals surface area contributed by atoms with Crippen molar-refractivity contribution in [2.24, 2.45) is 5.92 Å². The van der Waals surface area contributed by atoms with Gasteiger partial charge >= 0.3 is 0 Å². The lowest BCUT2D eigenvalue weighted by atomic mass is 10.0. The van der Waals surface area contributed by atoms with Gasteiger partial charge in [-0.3, -0.25) is 0 Å². The van der Waals surface area contributed by atoms with Gasteiger partial charge in [0.15, 0.2) is 11.7 Å². The largest absolute Gasteiger partial charge is 0.212 e. The second kappa shape index (κ2) is 5.32. The Bertz CT molecular complexity index is 561. The number of aromatic nitrogens is 1. The molecule has 19 heavy (non-hydrogen) atoms. The molecule has 1 heterocycles. The molecule has 0 aliphatic carbocycles. The third-order valence-corrected chi connectivity index (χ3v) is 3.57. The summed E-state index contributed by atoms with van der Waals surface area (Å²) in [6, 6.07) is 11.0. The first-order valence-electron chi connectivity index (χ1n) is 7.32. The van der Waals surface area contributed by atoms with Crippen LogP contribution in [-0.2, 0) is 12.0 Å². The third kappa shape index (κ3) is 3.34. The molecule has 0 saturated carbocycles. The van der Waals surface area contributed by atoms with E-state index in [4.69, 9.17) is 0 Å². The molecular weight excluding hydrogens is 230 g/mol. The zero-order valence-corrected chi connectivity index (χ0v) is 12.9. The van der Waals surface area contributed by atoms with Gasteiger partial charge in [-0.25, -0.2) is 0 Å². The normalized spacial score (nSPS) is 12.3. The summed E-state index contributed by atoms with van der Waals surface area (Å²) >= 11 is 0. The fraction of sp³-hybridized carbons (Fsp3) is 0.500. The highest BCUT2D eigenvalue weighted by atomic mass is 15.0. The van der Waals surface area contributed by atoms with Gasteiger partial charge in [0, 0.05) is 37.8 Å². The summed E-state index contributed by atoms with van der Waals surface area (Å²) in [6.07, 6.45) is 4.76. The van der Waals surface area contributed by atoms with Crippen molar-refractivity contribution in [1.29, 1.82) is 0 Å². The first-order valence-corrected chi connectivity index (χ1v) is 7.32. The van der Waals surface area contributed by atoms with Crippen LogP contribution < -0.4 is 4.57 Å². The third-order valence-electron chi connectivity index (χ3n) is 3.57. The summed E-state index contributed by atoms with van der Waals surface area (Å²) < 4.78 is 2.41. The van der Waals surface area contributed by atoms with Crippen molar-refractivity contribution in [3.05, 3.63) is 42.1 Å². The van der Waals surface area contributed by atoms with E-state index in [-0.39, 0.29) is 5.54 Å². The Balaban J connectivity index is 2.51. The molecule has 0 aliphatic heterocycles. The van der Waals surface area contributed by atoms with Gasteiger partial charge in [0.25, 0.3) is 0 Å². The predicted octanol–water partition coefficient (Wildman–Crippen LogP) is 4.47. The van der Waals surface area contributed by atoms with E-state index in [2.05, 4.69) is 75.7 Å². The fourth-order valence-corrected chi connectivity index (χ4v) is 2.45. The quantitative estimate of drug-likeness (QED) is 0.713. The summed E-state index contributed by atoms with van der Waals surface area (Å²) in [6.45, 7) is 11.4. The van der Waals surface area contributed by atoms with E-state index in [1.807, 2.05) is 0 Å². The molecule has 1 aromatic carbocycles. The van der Waals surface area contributed by atoms with Gasteiger partial charge < -0.3 is 0 Å². The molecule has 0 atom stereocenters. The highest BCUT2D eigenvalue weighted by Gasteiger charge is 2.25. The van der Waals surface area contributed by atoms with E-state index in [0.29, 0.717) is 0 Å². The molecule has 0 radical (unpaired) electrons. The van der Waals surface area contributed by atoms with Crippen LogP contribution in [0.15, 0.2) is 36.5 Å². The second-order valence-electron chi connectivity index (χ2n) is 6.88. The molecule has 1 nitrogen and oxygen atoms in total. The highest BCUT2D eigenvalue weighted by molar-refractivity contribution is 5.75. The minimum Gasteiger partial charge on any atom is -0.194 e. The van der Waals surface area contributed by atoms with Crippen LogP contribution in [0.1, 0.15) is 46.6 Å². The van der Waals surface area contributed by atoms with Crippen LogP contribution in [0.3, 0.4) is 0 Å². The van der Waals surface area contributed by atoms with Crippen LogP contribution in [0.25, 0.3) is 10.9 Å². The van der Waals surface area contributed by atoms with Gasteiger partial charge in [-0.2, -0.15) is 4.57 Å². The summed E-state index contributed by atoms with van der Waals surface area (Å²) in [4.78, 5) is 0. The highest BCUT2D eigenvalue weighted by Crippen LogP contribution is 2.18. The average Bonchev–Trinajstić information content (AvgIpc) is 2.34. The first-order chi connectivity index (χ1) is 8.88. The fourth-order valence-electron chi connectivity index (χ4n) is 2.45. The number of benzene rings is 1. The lowest BCUT2D eigenvalue weighted by Gasteiger charge is -2.16. The maximum atomic E-state index is 2.41. The maximum absolute atomic E-state index is 2.41. The van der Waals surface area contributed by atoms with E-state index < -0.39 is 0 Å². The Kier molecular flexibility index (Phi) is 3.93. The molecule has 0 N–H and O–H groups in total. The van der Waals surface area contributed by atoms with Crippen molar-refractivity contribution in [1.82, 2.24) is 0 Å². The molecular formula is C18H26N+. The topological polar surface area (TPSA) is 3.88 Å². The van der Waals surface area contributed by atoms with Crippen LogP contribution in [0.2, 0.25) is 0 Å². The van der Waals surface area contributed by atoms with Crippen molar-refractivity contribution < 1.29 is 4.57 Å². The molecule has 0 unspecified atom stereocenters. The molecule has 2 aromatic rings. The van der Waals surface area contributed by atoms with E-state index in [0.717, 1.165) is 5.92 Å². The zero-order valence-electron chi connectivity index (χ0n) is 12.9. The minimum absolute atomic E-state index is 0.118. The number of pyridine rings is 1. The number of para-hydroxylation sites is 1. The van der Waals surface area contributed by atoms with E-state index in [1.165, 1.54) is 29.3 Å². The molecule has 0 aliphatic rings. The molecule has 0 saturated heterocycles. The predicted molar refractivity (Wildman–Crippen MR) is 82.3 cm³/mol. The van der Waals surface area contributed by atoms with Crippen molar-refractivity contribution in [2.45, 2.75) is 53.0 Å². The van der Waals surface area contributed by atoms with Crippen LogP contribution in [-0.4, -0.2) is 0 Å². The van der Waals surface area contributed by atoms with Crippen molar-refractivity contribution >= 4 is 10.9 Å². The molecule has 0 bridgehead atoms. The Labute approximate surface area is 117 Å². The van der Waals surface area contributed by atoms with Crippen molar-refractivity contribution in [3.63, 3.8) is 0 Å². The minimum atomic E-state index is 0.118. The smallest absolute Gasteiger partial charge is 0.194 e. The molecule has 0 fully saturated rings. The van der Waals surface area contributed by atoms with E-state index >= 15 is 0 Å². The van der Waals surface area contributed by atoms with Gasteiger partial charge in [0.05, 0.1) is 0 Å². The van der Waals surface area contributed by atoms with E-state index in [1.54, 1.807) is 0 Å². The van der Waals surface area contributed by atoms with E-state index in [9.17, 15) is 0 Å². The monoisotopic (exact) mass is 256 g/mol. The number of rotatable bonds is 3. The van der Waals surface area contributed by atoms with Crippen molar-refractivity contribution in [2.75, 3.05) is 0 Å². The Morgan fingerprint density at radius 2 is 1.79 bits per heavy atom. The lowest BCUT2D eigenvalue weighted by molar-refractivity contribution is -0.731. The number of aryl methyl sites for hydroxylation is 1. The number of nitrogens with zero attached hydrogens (tertiary/aromatic N) is 1. The Morgan fingerprint density at radius 3 is 2.42 bits per heavy atom. The Morgan fingerprint density at radius 1 is 1.11 bits per heavy atom. The number of fused-ring (bicyclic) bond motifs is 1. The van der Waals surface area contributed by atoms with Crippen LogP contribution >= 0.6 is 0 Å². The lowest BCUT2D eigenvalue weighted by Crippen LogP contribution is -2.50. The Hall–Kier alpha value is -1.37. The molecule has 2 rings (SSSR count). The summed E-state index contributed by atoms with van der Waals surface area (Å²) in [5, 5.41) is 1.35. The summed E-state index contributed by atoms with van der Waals surface area (Å²) in [5.41, 5.74) is 2.89. The number of hydrogen-bond donors (Lipinski definition) is 0. The molecule has 102 valence electrons. The van der Waals surface area contributed by atoms with Crippen molar-refractivity contribution in [3.8, 4) is 0 Å². The second-order valence-corrected chi connectivity index (χ2v) is 6.88. The molecule has 0 amide bonds. The zero-order chi connectivity index (χ0) is 14.0. The molecule has 0 spiro atoms. The van der Waals surface area contributed by atoms with Gasteiger partial charge in [-0.05, 0) is 30.9 Å². The van der Waals surface area contributed by atoms with Crippen LogP contribution in [0.4, 0.5) is 0 Å². The van der Waals surface area contributed by atoms with Gasteiger partial charge in [-0.15, -0.1) is 0 Å².